The van der Waals surface area contributed by atoms with Gasteiger partial charge in [-0.3, -0.25) is 4.79 Å². The molecule has 0 unspecified atom stereocenters. The van der Waals surface area contributed by atoms with E-state index in [-0.39, 0.29) is 12.5 Å². The molecule has 1 aliphatic heterocycles. The molecule has 0 spiro atoms. The molecule has 0 aliphatic carbocycles. The molecule has 1 N–H and O–H groups in total. The number of hydrogen-bond donors (Lipinski definition) is 1. The van der Waals surface area contributed by atoms with Crippen LogP contribution in [0.2, 0.25) is 0 Å². The van der Waals surface area contributed by atoms with Crippen LogP contribution in [-0.2, 0) is 22.5 Å². The SMILES string of the molecule is CCOCC(=O)Nc1ccc(-c2nnc3n2CCCCC3)cc1. The van der Waals surface area contributed by atoms with Crippen molar-refractivity contribution in [1.82, 2.24) is 14.8 Å². The molecule has 0 saturated carbocycles. The van der Waals surface area contributed by atoms with Crippen molar-refractivity contribution < 1.29 is 9.53 Å². The lowest BCUT2D eigenvalue weighted by molar-refractivity contribution is -0.120. The number of aryl methyl sites for hydroxylation is 1. The Hall–Kier alpha value is -2.21. The minimum absolute atomic E-state index is 0.0793. The van der Waals surface area contributed by atoms with E-state index in [4.69, 9.17) is 4.74 Å². The number of carbonyl (C=O) groups excluding carboxylic acids is 1. The number of hydrogen-bond acceptors (Lipinski definition) is 4. The standard InChI is InChI=1S/C17H22N4O2/c1-2-23-12-16(22)18-14-9-7-13(8-10-14)17-20-19-15-6-4-3-5-11-21(15)17/h7-10H,2-6,11-12H2,1H3,(H,18,22). The van der Waals surface area contributed by atoms with Crippen LogP contribution >= 0.6 is 0 Å². The van der Waals surface area contributed by atoms with Crippen molar-refractivity contribution in [2.24, 2.45) is 0 Å². The average molecular weight is 314 g/mol. The van der Waals surface area contributed by atoms with Crippen LogP contribution < -0.4 is 5.32 Å². The number of benzene rings is 1. The molecule has 1 aromatic heterocycles. The van der Waals surface area contributed by atoms with E-state index < -0.39 is 0 Å². The van der Waals surface area contributed by atoms with Gasteiger partial charge in [0.25, 0.3) is 0 Å². The van der Waals surface area contributed by atoms with Crippen LogP contribution in [0.25, 0.3) is 11.4 Å². The minimum atomic E-state index is -0.143. The number of anilines is 1. The van der Waals surface area contributed by atoms with Gasteiger partial charge in [0.05, 0.1) is 0 Å². The van der Waals surface area contributed by atoms with Crippen LogP contribution in [0.15, 0.2) is 24.3 Å². The van der Waals surface area contributed by atoms with Crippen LogP contribution in [0.1, 0.15) is 32.0 Å². The summed E-state index contributed by atoms with van der Waals surface area (Å²) in [5, 5.41) is 11.5. The van der Waals surface area contributed by atoms with Gasteiger partial charge in [0, 0.05) is 30.8 Å². The van der Waals surface area contributed by atoms with Gasteiger partial charge in [0.15, 0.2) is 5.82 Å². The molecule has 0 radical (unpaired) electrons. The van der Waals surface area contributed by atoms with Crippen molar-refractivity contribution >= 4 is 11.6 Å². The van der Waals surface area contributed by atoms with E-state index in [1.807, 2.05) is 31.2 Å². The van der Waals surface area contributed by atoms with Crippen molar-refractivity contribution in [2.75, 3.05) is 18.5 Å². The van der Waals surface area contributed by atoms with E-state index in [2.05, 4.69) is 20.1 Å². The molecule has 2 heterocycles. The molecule has 2 aromatic rings. The maximum atomic E-state index is 11.7. The number of amides is 1. The lowest BCUT2D eigenvalue weighted by Gasteiger charge is -2.08. The zero-order valence-electron chi connectivity index (χ0n) is 13.4. The third kappa shape index (κ3) is 3.76. The summed E-state index contributed by atoms with van der Waals surface area (Å²) in [6.07, 6.45) is 4.60. The Morgan fingerprint density at radius 3 is 2.83 bits per heavy atom. The third-order valence-electron chi connectivity index (χ3n) is 3.97. The first-order chi connectivity index (χ1) is 11.3. The van der Waals surface area contributed by atoms with Gasteiger partial charge in [-0.15, -0.1) is 10.2 Å². The van der Waals surface area contributed by atoms with Gasteiger partial charge in [-0.25, -0.2) is 0 Å². The molecule has 1 aliphatic rings. The molecule has 23 heavy (non-hydrogen) atoms. The highest BCUT2D eigenvalue weighted by atomic mass is 16.5. The van der Waals surface area contributed by atoms with Crippen molar-refractivity contribution in [3.05, 3.63) is 30.1 Å². The normalized spacial score (nSPS) is 14.1. The molecular formula is C17H22N4O2. The van der Waals surface area contributed by atoms with Gasteiger partial charge in [0.2, 0.25) is 5.91 Å². The van der Waals surface area contributed by atoms with Crippen LogP contribution in [0, 0.1) is 0 Å². The molecule has 6 nitrogen and oxygen atoms in total. The van der Waals surface area contributed by atoms with Crippen LogP contribution in [-0.4, -0.2) is 33.9 Å². The van der Waals surface area contributed by atoms with Crippen molar-refractivity contribution in [1.29, 1.82) is 0 Å². The van der Waals surface area contributed by atoms with E-state index in [1.165, 1.54) is 19.3 Å². The summed E-state index contributed by atoms with van der Waals surface area (Å²) in [6.45, 7) is 3.45. The second-order valence-corrected chi connectivity index (χ2v) is 5.66. The zero-order valence-corrected chi connectivity index (χ0v) is 13.4. The molecular weight excluding hydrogens is 292 g/mol. The van der Waals surface area contributed by atoms with E-state index in [9.17, 15) is 4.79 Å². The highest BCUT2D eigenvalue weighted by Crippen LogP contribution is 2.23. The summed E-state index contributed by atoms with van der Waals surface area (Å²) >= 11 is 0. The lowest BCUT2D eigenvalue weighted by Crippen LogP contribution is -2.18. The molecule has 0 saturated heterocycles. The fourth-order valence-corrected chi connectivity index (χ4v) is 2.79. The van der Waals surface area contributed by atoms with Crippen molar-refractivity contribution in [3.63, 3.8) is 0 Å². The zero-order chi connectivity index (χ0) is 16.1. The number of fused-ring (bicyclic) bond motifs is 1. The first kappa shape index (κ1) is 15.7. The van der Waals surface area contributed by atoms with Crippen molar-refractivity contribution in [2.45, 2.75) is 39.2 Å². The van der Waals surface area contributed by atoms with Gasteiger partial charge < -0.3 is 14.6 Å². The fourth-order valence-electron chi connectivity index (χ4n) is 2.79. The number of rotatable bonds is 5. The quantitative estimate of drug-likeness (QED) is 0.921. The monoisotopic (exact) mass is 314 g/mol. The van der Waals surface area contributed by atoms with E-state index in [0.29, 0.717) is 6.61 Å². The number of ether oxygens (including phenoxy) is 1. The van der Waals surface area contributed by atoms with Crippen LogP contribution in [0.3, 0.4) is 0 Å². The Morgan fingerprint density at radius 2 is 2.04 bits per heavy atom. The molecule has 1 aromatic carbocycles. The Kier molecular flexibility index (Phi) is 5.02. The average Bonchev–Trinajstić information content (AvgIpc) is 2.82. The lowest BCUT2D eigenvalue weighted by atomic mass is 10.2. The molecule has 1 amide bonds. The molecule has 0 bridgehead atoms. The van der Waals surface area contributed by atoms with Gasteiger partial charge in [-0.05, 0) is 44.0 Å². The Bertz CT molecular complexity index is 664. The molecule has 3 rings (SSSR count). The summed E-state index contributed by atoms with van der Waals surface area (Å²) in [5.41, 5.74) is 1.78. The Balaban J connectivity index is 1.72. The first-order valence-corrected chi connectivity index (χ1v) is 8.18. The summed E-state index contributed by atoms with van der Waals surface area (Å²) < 4.78 is 7.31. The number of aromatic nitrogens is 3. The fraction of sp³-hybridized carbons (Fsp3) is 0.471. The summed E-state index contributed by atoms with van der Waals surface area (Å²) in [5.74, 6) is 1.84. The molecule has 0 fully saturated rings. The van der Waals surface area contributed by atoms with Gasteiger partial charge in [-0.2, -0.15) is 0 Å². The second-order valence-electron chi connectivity index (χ2n) is 5.66. The Morgan fingerprint density at radius 1 is 1.22 bits per heavy atom. The molecule has 6 heteroatoms. The van der Waals surface area contributed by atoms with Crippen molar-refractivity contribution in [3.8, 4) is 11.4 Å². The molecule has 122 valence electrons. The smallest absolute Gasteiger partial charge is 0.250 e. The predicted molar refractivity (Wildman–Crippen MR) is 88.1 cm³/mol. The molecule has 0 atom stereocenters. The topological polar surface area (TPSA) is 69.0 Å². The van der Waals surface area contributed by atoms with E-state index >= 15 is 0 Å². The van der Waals surface area contributed by atoms with Gasteiger partial charge >= 0.3 is 0 Å². The van der Waals surface area contributed by atoms with Gasteiger partial charge in [-0.1, -0.05) is 6.42 Å². The highest BCUT2D eigenvalue weighted by Gasteiger charge is 2.15. The second kappa shape index (κ2) is 7.37. The van der Waals surface area contributed by atoms with Gasteiger partial charge in [0.1, 0.15) is 12.4 Å². The number of nitrogens with zero attached hydrogens (tertiary/aromatic N) is 3. The highest BCUT2D eigenvalue weighted by molar-refractivity contribution is 5.91. The summed E-state index contributed by atoms with van der Waals surface area (Å²) in [7, 11) is 0. The largest absolute Gasteiger partial charge is 0.372 e. The van der Waals surface area contributed by atoms with E-state index in [1.54, 1.807) is 0 Å². The predicted octanol–water partition coefficient (Wildman–Crippen LogP) is 2.65. The maximum absolute atomic E-state index is 11.7. The number of carbonyl (C=O) groups is 1. The minimum Gasteiger partial charge on any atom is -0.372 e. The first-order valence-electron chi connectivity index (χ1n) is 8.18. The number of nitrogens with one attached hydrogen (secondary N) is 1. The third-order valence-corrected chi connectivity index (χ3v) is 3.97. The summed E-state index contributed by atoms with van der Waals surface area (Å²) in [4.78, 5) is 11.7. The van der Waals surface area contributed by atoms with Crippen LogP contribution in [0.5, 0.6) is 0 Å². The van der Waals surface area contributed by atoms with Crippen LogP contribution in [0.4, 0.5) is 5.69 Å². The Labute approximate surface area is 135 Å². The summed E-state index contributed by atoms with van der Waals surface area (Å²) in [6, 6.07) is 7.71. The van der Waals surface area contributed by atoms with E-state index in [0.717, 1.165) is 35.9 Å². The maximum Gasteiger partial charge on any atom is 0.250 e.